The molecule has 0 saturated carbocycles. The van der Waals surface area contributed by atoms with Crippen LogP contribution in [0.5, 0.6) is 23.0 Å². The molecular formula is C20H20O6. The van der Waals surface area contributed by atoms with E-state index in [-0.39, 0.29) is 18.3 Å². The van der Waals surface area contributed by atoms with Crippen LogP contribution in [0.15, 0.2) is 36.4 Å². The smallest absolute Gasteiger partial charge is 0.308 e. The van der Waals surface area contributed by atoms with E-state index in [2.05, 4.69) is 0 Å². The van der Waals surface area contributed by atoms with Crippen LogP contribution in [0, 0.1) is 5.92 Å². The van der Waals surface area contributed by atoms with Crippen molar-refractivity contribution < 1.29 is 28.5 Å². The van der Waals surface area contributed by atoms with Crippen molar-refractivity contribution in [1.82, 2.24) is 0 Å². The normalized spacial score (nSPS) is 15.7. The lowest BCUT2D eigenvalue weighted by molar-refractivity contribution is -0.132. The van der Waals surface area contributed by atoms with Gasteiger partial charge in [-0.05, 0) is 36.2 Å². The zero-order valence-corrected chi connectivity index (χ0v) is 14.9. The third kappa shape index (κ3) is 3.64. The number of ketones is 1. The zero-order valence-electron chi connectivity index (χ0n) is 14.9. The predicted molar refractivity (Wildman–Crippen MR) is 94.3 cm³/mol. The summed E-state index contributed by atoms with van der Waals surface area (Å²) in [6.07, 6.45) is 0.475. The first-order valence-corrected chi connectivity index (χ1v) is 8.22. The quantitative estimate of drug-likeness (QED) is 0.606. The molecule has 0 fully saturated rings. The highest BCUT2D eigenvalue weighted by Gasteiger charge is 2.29. The van der Waals surface area contributed by atoms with E-state index >= 15 is 0 Å². The van der Waals surface area contributed by atoms with Crippen molar-refractivity contribution in [2.75, 3.05) is 20.8 Å². The highest BCUT2D eigenvalue weighted by Crippen LogP contribution is 2.34. The molecule has 2 aromatic rings. The molecule has 0 unspecified atom stereocenters. The van der Waals surface area contributed by atoms with Crippen molar-refractivity contribution in [2.24, 2.45) is 5.92 Å². The summed E-state index contributed by atoms with van der Waals surface area (Å²) in [6.45, 7) is 1.61. The molecule has 136 valence electrons. The van der Waals surface area contributed by atoms with Gasteiger partial charge in [-0.3, -0.25) is 9.59 Å². The minimum atomic E-state index is -0.430. The molecule has 1 aliphatic heterocycles. The summed E-state index contributed by atoms with van der Waals surface area (Å²) in [5.74, 6) is 1.28. The summed E-state index contributed by atoms with van der Waals surface area (Å²) >= 11 is 0. The second-order valence-electron chi connectivity index (χ2n) is 6.02. The largest absolute Gasteiger partial charge is 0.497 e. The Morgan fingerprint density at radius 2 is 1.92 bits per heavy atom. The minimum Gasteiger partial charge on any atom is -0.497 e. The molecule has 1 heterocycles. The second-order valence-corrected chi connectivity index (χ2v) is 6.02. The number of carbonyl (C=O) groups excluding carboxylic acids is 2. The van der Waals surface area contributed by atoms with Gasteiger partial charge in [-0.2, -0.15) is 0 Å². The topological polar surface area (TPSA) is 71.1 Å². The van der Waals surface area contributed by atoms with Crippen LogP contribution in [0.2, 0.25) is 0 Å². The number of methoxy groups -OCH3 is 2. The number of carbonyl (C=O) groups is 2. The van der Waals surface area contributed by atoms with Gasteiger partial charge in [0.15, 0.2) is 17.3 Å². The second kappa shape index (κ2) is 7.47. The van der Waals surface area contributed by atoms with Crippen molar-refractivity contribution in [3.63, 3.8) is 0 Å². The van der Waals surface area contributed by atoms with E-state index in [1.165, 1.54) is 14.0 Å². The van der Waals surface area contributed by atoms with Gasteiger partial charge in [-0.25, -0.2) is 0 Å². The first kappa shape index (κ1) is 17.8. The average Bonchev–Trinajstić information content (AvgIpc) is 2.63. The van der Waals surface area contributed by atoms with Crippen molar-refractivity contribution in [2.45, 2.75) is 13.3 Å². The van der Waals surface area contributed by atoms with Crippen molar-refractivity contribution in [3.8, 4) is 23.0 Å². The molecular weight excluding hydrogens is 336 g/mol. The van der Waals surface area contributed by atoms with E-state index in [1.807, 2.05) is 6.07 Å². The molecule has 0 N–H and O–H groups in total. The van der Waals surface area contributed by atoms with Crippen LogP contribution in [0.4, 0.5) is 0 Å². The SMILES string of the molecule is COc1ccc2c(c1)OC[C@@H](Cc1ccc(OC)c(OC(C)=O)c1)C2=O. The number of benzene rings is 2. The number of hydrogen-bond acceptors (Lipinski definition) is 6. The fourth-order valence-corrected chi connectivity index (χ4v) is 2.96. The number of fused-ring (bicyclic) bond motifs is 1. The number of hydrogen-bond donors (Lipinski definition) is 0. The fraction of sp³-hybridized carbons (Fsp3) is 0.300. The molecule has 3 rings (SSSR count). The molecule has 1 atom stereocenters. The Balaban J connectivity index is 1.81. The van der Waals surface area contributed by atoms with Crippen molar-refractivity contribution in [3.05, 3.63) is 47.5 Å². The van der Waals surface area contributed by atoms with Crippen molar-refractivity contribution in [1.29, 1.82) is 0 Å². The van der Waals surface area contributed by atoms with Gasteiger partial charge in [0.25, 0.3) is 0 Å². The first-order valence-electron chi connectivity index (χ1n) is 8.22. The van der Waals surface area contributed by atoms with Gasteiger partial charge in [-0.1, -0.05) is 6.07 Å². The number of Topliss-reactive ketones (excluding diaryl/α,β-unsaturated/α-hetero) is 1. The Morgan fingerprint density at radius 3 is 2.62 bits per heavy atom. The van der Waals surface area contributed by atoms with Gasteiger partial charge in [0.1, 0.15) is 11.5 Å². The van der Waals surface area contributed by atoms with E-state index in [4.69, 9.17) is 18.9 Å². The van der Waals surface area contributed by atoms with Crippen LogP contribution in [-0.4, -0.2) is 32.6 Å². The predicted octanol–water partition coefficient (Wildman–Crippen LogP) is 3.06. The number of esters is 1. The monoisotopic (exact) mass is 356 g/mol. The Labute approximate surface area is 151 Å². The van der Waals surface area contributed by atoms with Gasteiger partial charge in [0.2, 0.25) is 0 Å². The average molecular weight is 356 g/mol. The Morgan fingerprint density at radius 1 is 1.12 bits per heavy atom. The summed E-state index contributed by atoms with van der Waals surface area (Å²) in [5.41, 5.74) is 1.41. The fourth-order valence-electron chi connectivity index (χ4n) is 2.96. The van der Waals surface area contributed by atoms with Crippen LogP contribution < -0.4 is 18.9 Å². The highest BCUT2D eigenvalue weighted by atomic mass is 16.6. The van der Waals surface area contributed by atoms with Crippen LogP contribution in [-0.2, 0) is 11.2 Å². The molecule has 0 aromatic heterocycles. The van der Waals surface area contributed by atoms with E-state index in [0.717, 1.165) is 5.56 Å². The van der Waals surface area contributed by atoms with E-state index in [9.17, 15) is 9.59 Å². The summed E-state index contributed by atoms with van der Waals surface area (Å²) in [5, 5.41) is 0. The lowest BCUT2D eigenvalue weighted by Gasteiger charge is -2.24. The lowest BCUT2D eigenvalue weighted by Crippen LogP contribution is -2.29. The summed E-state index contributed by atoms with van der Waals surface area (Å²) in [4.78, 5) is 24.0. The van der Waals surface area contributed by atoms with Gasteiger partial charge < -0.3 is 18.9 Å². The maximum Gasteiger partial charge on any atom is 0.308 e. The molecule has 0 radical (unpaired) electrons. The molecule has 1 aliphatic rings. The molecule has 0 aliphatic carbocycles. The van der Waals surface area contributed by atoms with E-state index in [1.54, 1.807) is 37.4 Å². The van der Waals surface area contributed by atoms with Crippen LogP contribution in [0.3, 0.4) is 0 Å². The van der Waals surface area contributed by atoms with Crippen LogP contribution in [0.25, 0.3) is 0 Å². The molecule has 26 heavy (non-hydrogen) atoms. The van der Waals surface area contributed by atoms with Crippen molar-refractivity contribution >= 4 is 11.8 Å². The molecule has 6 nitrogen and oxygen atoms in total. The molecule has 0 saturated heterocycles. The Kier molecular flexibility index (Phi) is 5.11. The van der Waals surface area contributed by atoms with Gasteiger partial charge in [0, 0.05) is 13.0 Å². The van der Waals surface area contributed by atoms with Gasteiger partial charge >= 0.3 is 5.97 Å². The first-order chi connectivity index (χ1) is 12.5. The van der Waals surface area contributed by atoms with Gasteiger partial charge in [0.05, 0.1) is 32.3 Å². The third-order valence-corrected chi connectivity index (χ3v) is 4.23. The minimum absolute atomic E-state index is 0.0266. The summed E-state index contributed by atoms with van der Waals surface area (Å²) < 4.78 is 21.3. The van der Waals surface area contributed by atoms with E-state index < -0.39 is 5.97 Å². The van der Waals surface area contributed by atoms with Gasteiger partial charge in [-0.15, -0.1) is 0 Å². The van der Waals surface area contributed by atoms with Crippen LogP contribution in [0.1, 0.15) is 22.8 Å². The maximum atomic E-state index is 12.8. The van der Waals surface area contributed by atoms with Crippen LogP contribution >= 0.6 is 0 Å². The lowest BCUT2D eigenvalue weighted by atomic mass is 9.89. The standard InChI is InChI=1S/C20H20O6/c1-12(21)26-19-9-13(4-7-17(19)24-3)8-14-11-25-18-10-15(23-2)5-6-16(18)20(14)22/h4-7,9-10,14H,8,11H2,1-3H3/t14-/m1/s1. The molecule has 0 amide bonds. The molecule has 6 heteroatoms. The third-order valence-electron chi connectivity index (χ3n) is 4.23. The maximum absolute atomic E-state index is 12.8. The van der Waals surface area contributed by atoms with E-state index in [0.29, 0.717) is 35.0 Å². The Hall–Kier alpha value is -3.02. The highest BCUT2D eigenvalue weighted by molar-refractivity contribution is 6.01. The molecule has 0 spiro atoms. The summed E-state index contributed by atoms with van der Waals surface area (Å²) in [6, 6.07) is 10.5. The molecule has 0 bridgehead atoms. The Bertz CT molecular complexity index is 842. The molecule has 2 aromatic carbocycles. The number of rotatable bonds is 5. The number of ether oxygens (including phenoxy) is 4. The summed E-state index contributed by atoms with van der Waals surface area (Å²) in [7, 11) is 3.07. The zero-order chi connectivity index (χ0) is 18.7.